The zero-order valence-electron chi connectivity index (χ0n) is 8.75. The molecule has 0 saturated heterocycles. The van der Waals surface area contributed by atoms with Gasteiger partial charge in [-0.3, -0.25) is 0 Å². The highest BCUT2D eigenvalue weighted by Gasteiger charge is 2.09. The van der Waals surface area contributed by atoms with Crippen molar-refractivity contribution in [3.63, 3.8) is 0 Å². The van der Waals surface area contributed by atoms with Crippen LogP contribution < -0.4 is 0 Å². The van der Waals surface area contributed by atoms with Crippen molar-refractivity contribution in [3.05, 3.63) is 53.1 Å². The van der Waals surface area contributed by atoms with Crippen LogP contribution in [0.5, 0.6) is 0 Å². The van der Waals surface area contributed by atoms with Crippen LogP contribution in [0, 0.1) is 0 Å². The third-order valence-corrected chi connectivity index (χ3v) is 3.44. The molecule has 17 heavy (non-hydrogen) atoms. The molecule has 0 atom stereocenters. The maximum atomic E-state index is 5.98. The van der Waals surface area contributed by atoms with Crippen molar-refractivity contribution in [3.8, 4) is 16.4 Å². The lowest BCUT2D eigenvalue weighted by molar-refractivity contribution is 0.889. The van der Waals surface area contributed by atoms with E-state index in [0.717, 1.165) is 16.4 Å². The van der Waals surface area contributed by atoms with Crippen LogP contribution in [-0.2, 0) is 0 Å². The van der Waals surface area contributed by atoms with Gasteiger partial charge in [-0.1, -0.05) is 23.7 Å². The molecular weight excluding hydrogens is 254 g/mol. The van der Waals surface area contributed by atoms with Crippen molar-refractivity contribution >= 4 is 22.9 Å². The fourth-order valence-electron chi connectivity index (χ4n) is 1.61. The molecule has 5 heteroatoms. The van der Waals surface area contributed by atoms with E-state index in [1.807, 2.05) is 41.8 Å². The highest BCUT2D eigenvalue weighted by atomic mass is 35.5. The van der Waals surface area contributed by atoms with Crippen molar-refractivity contribution < 1.29 is 0 Å². The van der Waals surface area contributed by atoms with Crippen molar-refractivity contribution in [2.75, 3.05) is 0 Å². The summed E-state index contributed by atoms with van der Waals surface area (Å²) >= 11 is 7.62. The van der Waals surface area contributed by atoms with Gasteiger partial charge in [-0.2, -0.15) is 5.10 Å². The number of hydrogen-bond donors (Lipinski definition) is 0. The Bertz CT molecular complexity index is 631. The third-order valence-electron chi connectivity index (χ3n) is 2.34. The maximum absolute atomic E-state index is 5.98. The second-order valence-corrected chi connectivity index (χ2v) is 4.84. The van der Waals surface area contributed by atoms with Gasteiger partial charge in [0.25, 0.3) is 0 Å². The van der Waals surface area contributed by atoms with Crippen LogP contribution in [-0.4, -0.2) is 14.8 Å². The first kappa shape index (κ1) is 10.5. The molecule has 0 aliphatic rings. The van der Waals surface area contributed by atoms with E-state index in [4.69, 9.17) is 11.6 Å². The van der Waals surface area contributed by atoms with E-state index >= 15 is 0 Å². The fourth-order valence-corrected chi connectivity index (χ4v) is 2.50. The minimum atomic E-state index is 0.690. The summed E-state index contributed by atoms with van der Waals surface area (Å²) in [6.07, 6.45) is 1.55. The maximum Gasteiger partial charge on any atom is 0.173 e. The van der Waals surface area contributed by atoms with Crippen molar-refractivity contribution in [2.24, 2.45) is 0 Å². The number of hydrogen-bond acceptors (Lipinski definition) is 3. The molecule has 3 nitrogen and oxygen atoms in total. The van der Waals surface area contributed by atoms with Crippen LogP contribution in [0.3, 0.4) is 0 Å². The van der Waals surface area contributed by atoms with Crippen LogP contribution in [0.25, 0.3) is 16.4 Å². The molecule has 0 aliphatic carbocycles. The second kappa shape index (κ2) is 4.31. The van der Waals surface area contributed by atoms with E-state index in [1.54, 1.807) is 22.3 Å². The second-order valence-electron chi connectivity index (χ2n) is 3.45. The number of benzene rings is 1. The molecule has 84 valence electrons. The quantitative estimate of drug-likeness (QED) is 0.705. The normalized spacial score (nSPS) is 10.6. The predicted molar refractivity (Wildman–Crippen MR) is 69.7 cm³/mol. The smallest absolute Gasteiger partial charge is 0.173 e. The molecule has 0 bridgehead atoms. The fraction of sp³-hybridized carbons (Fsp3) is 0. The molecular formula is C12H8ClN3S. The molecule has 0 N–H and O–H groups in total. The van der Waals surface area contributed by atoms with Crippen molar-refractivity contribution in [1.82, 2.24) is 14.8 Å². The van der Waals surface area contributed by atoms with Gasteiger partial charge in [0.15, 0.2) is 5.82 Å². The average molecular weight is 262 g/mol. The molecule has 1 aromatic carbocycles. The lowest BCUT2D eigenvalue weighted by Gasteiger charge is -2.04. The number of aromatic nitrogens is 3. The summed E-state index contributed by atoms with van der Waals surface area (Å²) < 4.78 is 1.79. The van der Waals surface area contributed by atoms with Crippen molar-refractivity contribution in [1.29, 1.82) is 0 Å². The topological polar surface area (TPSA) is 30.7 Å². The van der Waals surface area contributed by atoms with E-state index < -0.39 is 0 Å². The van der Waals surface area contributed by atoms with Crippen LogP contribution in [0.1, 0.15) is 0 Å². The zero-order valence-corrected chi connectivity index (χ0v) is 10.3. The SMILES string of the molecule is Clc1cccc(-n2ncnc2-c2cccs2)c1. The number of halogens is 1. The molecule has 2 heterocycles. The van der Waals surface area contributed by atoms with Crippen LogP contribution in [0.2, 0.25) is 5.02 Å². The van der Waals surface area contributed by atoms with Gasteiger partial charge in [0.05, 0.1) is 10.6 Å². The molecule has 3 aromatic rings. The first-order valence-corrected chi connectivity index (χ1v) is 6.30. The summed E-state index contributed by atoms with van der Waals surface area (Å²) in [6, 6.07) is 11.6. The Morgan fingerprint density at radius 1 is 1.18 bits per heavy atom. The predicted octanol–water partition coefficient (Wildman–Crippen LogP) is 3.65. The van der Waals surface area contributed by atoms with Crippen LogP contribution in [0.4, 0.5) is 0 Å². The minimum absolute atomic E-state index is 0.690. The zero-order chi connectivity index (χ0) is 11.7. The highest BCUT2D eigenvalue weighted by Crippen LogP contribution is 2.25. The summed E-state index contributed by atoms with van der Waals surface area (Å²) in [7, 11) is 0. The lowest BCUT2D eigenvalue weighted by atomic mass is 10.3. The molecule has 0 radical (unpaired) electrons. The van der Waals surface area contributed by atoms with Gasteiger partial charge in [0.1, 0.15) is 6.33 Å². The van der Waals surface area contributed by atoms with Gasteiger partial charge in [-0.25, -0.2) is 9.67 Å². The molecule has 3 rings (SSSR count). The molecule has 0 amide bonds. The largest absolute Gasteiger partial charge is 0.214 e. The van der Waals surface area contributed by atoms with E-state index in [9.17, 15) is 0 Å². The van der Waals surface area contributed by atoms with Crippen molar-refractivity contribution in [2.45, 2.75) is 0 Å². The summed E-state index contributed by atoms with van der Waals surface area (Å²) in [4.78, 5) is 5.37. The number of nitrogens with zero attached hydrogens (tertiary/aromatic N) is 3. The standard InChI is InChI=1S/C12H8ClN3S/c13-9-3-1-4-10(7-9)16-12(14-8-15-16)11-5-2-6-17-11/h1-8H. The van der Waals surface area contributed by atoms with E-state index in [0.29, 0.717) is 5.02 Å². The Labute approximate surface area is 107 Å². The van der Waals surface area contributed by atoms with Crippen LogP contribution >= 0.6 is 22.9 Å². The van der Waals surface area contributed by atoms with Gasteiger partial charge < -0.3 is 0 Å². The molecule has 0 unspecified atom stereocenters. The Hall–Kier alpha value is -1.65. The Balaban J connectivity index is 2.14. The minimum Gasteiger partial charge on any atom is -0.214 e. The van der Waals surface area contributed by atoms with Gasteiger partial charge in [-0.05, 0) is 29.6 Å². The molecule has 2 aromatic heterocycles. The summed E-state index contributed by atoms with van der Waals surface area (Å²) in [5.74, 6) is 0.835. The first-order chi connectivity index (χ1) is 8.34. The average Bonchev–Trinajstić information content (AvgIpc) is 3.00. The molecule has 0 spiro atoms. The first-order valence-electron chi connectivity index (χ1n) is 5.04. The van der Waals surface area contributed by atoms with E-state index in [1.165, 1.54) is 0 Å². The van der Waals surface area contributed by atoms with E-state index in [2.05, 4.69) is 10.1 Å². The monoisotopic (exact) mass is 261 g/mol. The molecule has 0 aliphatic heterocycles. The number of thiophene rings is 1. The van der Waals surface area contributed by atoms with Gasteiger partial charge in [-0.15, -0.1) is 11.3 Å². The Morgan fingerprint density at radius 3 is 2.88 bits per heavy atom. The van der Waals surface area contributed by atoms with Crippen LogP contribution in [0.15, 0.2) is 48.1 Å². The third kappa shape index (κ3) is 1.97. The van der Waals surface area contributed by atoms with Gasteiger partial charge >= 0.3 is 0 Å². The Kier molecular flexibility index (Phi) is 2.66. The molecule has 0 saturated carbocycles. The Morgan fingerprint density at radius 2 is 2.12 bits per heavy atom. The summed E-state index contributed by atoms with van der Waals surface area (Å²) in [5, 5.41) is 6.95. The van der Waals surface area contributed by atoms with Gasteiger partial charge in [0, 0.05) is 5.02 Å². The molecule has 0 fully saturated rings. The van der Waals surface area contributed by atoms with E-state index in [-0.39, 0.29) is 0 Å². The number of rotatable bonds is 2. The highest BCUT2D eigenvalue weighted by molar-refractivity contribution is 7.13. The lowest BCUT2D eigenvalue weighted by Crippen LogP contribution is -1.98. The summed E-state index contributed by atoms with van der Waals surface area (Å²) in [6.45, 7) is 0. The van der Waals surface area contributed by atoms with Gasteiger partial charge in [0.2, 0.25) is 0 Å². The summed E-state index contributed by atoms with van der Waals surface area (Å²) in [5.41, 5.74) is 0.915.